The lowest BCUT2D eigenvalue weighted by Gasteiger charge is -2.27. The van der Waals surface area contributed by atoms with Gasteiger partial charge >= 0.3 is 0 Å². The van der Waals surface area contributed by atoms with Crippen molar-refractivity contribution in [2.24, 2.45) is 0 Å². The quantitative estimate of drug-likeness (QED) is 0.325. The number of amides is 1. The summed E-state index contributed by atoms with van der Waals surface area (Å²) in [5.74, 6) is 0.427. The van der Waals surface area contributed by atoms with Crippen molar-refractivity contribution in [3.05, 3.63) is 105 Å². The monoisotopic (exact) mass is 438 g/mol. The number of benzene rings is 3. The third-order valence-electron chi connectivity index (χ3n) is 4.78. The number of ether oxygens (including phenoxy) is 1. The highest BCUT2D eigenvalue weighted by molar-refractivity contribution is 6.34. The molecule has 0 spiro atoms. The van der Waals surface area contributed by atoms with Crippen molar-refractivity contribution in [2.45, 2.75) is 33.0 Å². The number of nitrogens with zero attached hydrogens (tertiary/aromatic N) is 2. The van der Waals surface area contributed by atoms with E-state index >= 15 is 0 Å². The molecule has 0 N–H and O–H groups in total. The van der Waals surface area contributed by atoms with Gasteiger partial charge in [0.25, 0.3) is 11.6 Å². The summed E-state index contributed by atoms with van der Waals surface area (Å²) in [5.41, 5.74) is 2.06. The zero-order valence-electron chi connectivity index (χ0n) is 17.3. The van der Waals surface area contributed by atoms with Gasteiger partial charge in [0.05, 0.1) is 15.5 Å². The van der Waals surface area contributed by atoms with E-state index in [1.807, 2.05) is 68.4 Å². The molecule has 0 heterocycles. The van der Waals surface area contributed by atoms with E-state index in [0.29, 0.717) is 18.9 Å². The summed E-state index contributed by atoms with van der Waals surface area (Å²) in [6.07, 6.45) is 0. The minimum atomic E-state index is -0.540. The molecule has 160 valence electrons. The third-order valence-corrected chi connectivity index (χ3v) is 5.09. The van der Waals surface area contributed by atoms with Crippen LogP contribution in [0.4, 0.5) is 5.69 Å². The summed E-state index contributed by atoms with van der Waals surface area (Å²) in [6, 6.07) is 21.3. The topological polar surface area (TPSA) is 72.7 Å². The van der Waals surface area contributed by atoms with Gasteiger partial charge in [-0.05, 0) is 43.2 Å². The smallest absolute Gasteiger partial charge is 0.270 e. The fourth-order valence-electron chi connectivity index (χ4n) is 3.11. The zero-order valence-corrected chi connectivity index (χ0v) is 18.1. The van der Waals surface area contributed by atoms with Crippen LogP contribution in [0.5, 0.6) is 5.75 Å². The van der Waals surface area contributed by atoms with Gasteiger partial charge in [0, 0.05) is 24.7 Å². The molecule has 0 bridgehead atoms. The minimum Gasteiger partial charge on any atom is -0.489 e. The first-order chi connectivity index (χ1) is 14.8. The molecule has 7 heteroatoms. The Labute approximate surface area is 186 Å². The van der Waals surface area contributed by atoms with Gasteiger partial charge in [0.2, 0.25) is 0 Å². The normalized spacial score (nSPS) is 10.7. The summed E-state index contributed by atoms with van der Waals surface area (Å²) in [6.45, 7) is 4.63. The van der Waals surface area contributed by atoms with Gasteiger partial charge in [-0.3, -0.25) is 14.9 Å². The van der Waals surface area contributed by atoms with Crippen LogP contribution in [0.2, 0.25) is 5.02 Å². The Morgan fingerprint density at radius 3 is 2.39 bits per heavy atom. The lowest BCUT2D eigenvalue weighted by Crippen LogP contribution is -2.36. The van der Waals surface area contributed by atoms with Crippen LogP contribution < -0.4 is 4.74 Å². The van der Waals surface area contributed by atoms with Crippen LogP contribution >= 0.6 is 11.6 Å². The standard InChI is InChI=1S/C24H23ClN2O4/c1-17(2)26(24(28)22-12-11-20(27(29)30)14-23(22)25)15-19-9-6-10-21(13-19)31-16-18-7-4-3-5-8-18/h3-14,17H,15-16H2,1-2H3. The van der Waals surface area contributed by atoms with Gasteiger partial charge in [-0.2, -0.15) is 0 Å². The van der Waals surface area contributed by atoms with Crippen LogP contribution in [0.15, 0.2) is 72.8 Å². The van der Waals surface area contributed by atoms with Crippen LogP contribution in [0.1, 0.15) is 35.3 Å². The molecule has 31 heavy (non-hydrogen) atoms. The molecule has 0 unspecified atom stereocenters. The molecule has 6 nitrogen and oxygen atoms in total. The van der Waals surface area contributed by atoms with Gasteiger partial charge in [-0.15, -0.1) is 0 Å². The summed E-state index contributed by atoms with van der Waals surface area (Å²) in [7, 11) is 0. The number of rotatable bonds is 8. The minimum absolute atomic E-state index is 0.0600. The average molecular weight is 439 g/mol. The fourth-order valence-corrected chi connectivity index (χ4v) is 3.36. The Morgan fingerprint density at radius 2 is 1.74 bits per heavy atom. The Morgan fingerprint density at radius 1 is 1.03 bits per heavy atom. The van der Waals surface area contributed by atoms with E-state index in [9.17, 15) is 14.9 Å². The molecule has 3 aromatic rings. The van der Waals surface area contributed by atoms with Gasteiger partial charge in [-0.1, -0.05) is 54.1 Å². The Balaban J connectivity index is 1.75. The van der Waals surface area contributed by atoms with Gasteiger partial charge < -0.3 is 9.64 Å². The summed E-state index contributed by atoms with van der Waals surface area (Å²) >= 11 is 6.17. The Kier molecular flexibility index (Phi) is 7.26. The molecule has 3 rings (SSSR count). The second-order valence-electron chi connectivity index (χ2n) is 7.37. The highest BCUT2D eigenvalue weighted by Gasteiger charge is 2.23. The first kappa shape index (κ1) is 22.3. The first-order valence-electron chi connectivity index (χ1n) is 9.85. The maximum atomic E-state index is 13.1. The summed E-state index contributed by atoms with van der Waals surface area (Å²) in [5, 5.41) is 11.0. The van der Waals surface area contributed by atoms with E-state index in [4.69, 9.17) is 16.3 Å². The van der Waals surface area contributed by atoms with Gasteiger partial charge in [-0.25, -0.2) is 0 Å². The van der Waals surface area contributed by atoms with E-state index in [1.54, 1.807) is 4.90 Å². The number of nitro groups is 1. The molecule has 0 saturated carbocycles. The second kappa shape index (κ2) is 10.1. The second-order valence-corrected chi connectivity index (χ2v) is 7.78. The lowest BCUT2D eigenvalue weighted by molar-refractivity contribution is -0.384. The zero-order chi connectivity index (χ0) is 22.4. The number of non-ortho nitro benzene ring substituents is 1. The van der Waals surface area contributed by atoms with E-state index in [2.05, 4.69) is 0 Å². The number of hydrogen-bond donors (Lipinski definition) is 0. The van der Waals surface area contributed by atoms with E-state index in [0.717, 1.165) is 11.1 Å². The molecule has 3 aromatic carbocycles. The molecule has 0 fully saturated rings. The maximum Gasteiger partial charge on any atom is 0.270 e. The van der Waals surface area contributed by atoms with Gasteiger partial charge in [0.15, 0.2) is 0 Å². The van der Waals surface area contributed by atoms with Crippen LogP contribution in [0.25, 0.3) is 0 Å². The third kappa shape index (κ3) is 5.83. The molecule has 0 aromatic heterocycles. The summed E-state index contributed by atoms with van der Waals surface area (Å²) in [4.78, 5) is 25.2. The molecule has 0 radical (unpaired) electrons. The van der Waals surface area contributed by atoms with Crippen LogP contribution in [0, 0.1) is 10.1 Å². The van der Waals surface area contributed by atoms with Crippen LogP contribution in [0.3, 0.4) is 0 Å². The molecule has 0 atom stereocenters. The summed E-state index contributed by atoms with van der Waals surface area (Å²) < 4.78 is 5.89. The van der Waals surface area contributed by atoms with Crippen LogP contribution in [-0.2, 0) is 13.2 Å². The molecule has 1 amide bonds. The largest absolute Gasteiger partial charge is 0.489 e. The highest BCUT2D eigenvalue weighted by atomic mass is 35.5. The van der Waals surface area contributed by atoms with Crippen molar-refractivity contribution >= 4 is 23.2 Å². The molecule has 0 saturated heterocycles. The van der Waals surface area contributed by atoms with Crippen LogP contribution in [-0.4, -0.2) is 21.8 Å². The highest BCUT2D eigenvalue weighted by Crippen LogP contribution is 2.25. The van der Waals surface area contributed by atoms with E-state index < -0.39 is 4.92 Å². The molecule has 0 aliphatic heterocycles. The number of carbonyl (C=O) groups excluding carboxylic acids is 1. The predicted octanol–water partition coefficient (Wildman–Crippen LogP) is 5.88. The van der Waals surface area contributed by atoms with Crippen molar-refractivity contribution in [2.75, 3.05) is 0 Å². The predicted molar refractivity (Wildman–Crippen MR) is 120 cm³/mol. The van der Waals surface area contributed by atoms with E-state index in [1.165, 1.54) is 18.2 Å². The van der Waals surface area contributed by atoms with Gasteiger partial charge in [0.1, 0.15) is 12.4 Å². The Hall–Kier alpha value is -3.38. The van der Waals surface area contributed by atoms with Crippen molar-refractivity contribution in [3.8, 4) is 5.75 Å². The molecular weight excluding hydrogens is 416 g/mol. The van der Waals surface area contributed by atoms with Crippen molar-refractivity contribution < 1.29 is 14.5 Å². The molecule has 0 aliphatic rings. The maximum absolute atomic E-state index is 13.1. The average Bonchev–Trinajstić information content (AvgIpc) is 2.76. The number of carbonyl (C=O) groups is 1. The number of nitro benzene ring substituents is 1. The van der Waals surface area contributed by atoms with Crippen molar-refractivity contribution in [3.63, 3.8) is 0 Å². The SMILES string of the molecule is CC(C)N(Cc1cccc(OCc2ccccc2)c1)C(=O)c1ccc([N+](=O)[O-])cc1Cl. The fraction of sp³-hybridized carbons (Fsp3) is 0.208. The first-order valence-corrected chi connectivity index (χ1v) is 10.2. The van der Waals surface area contributed by atoms with Crippen molar-refractivity contribution in [1.82, 2.24) is 4.90 Å². The Bertz CT molecular complexity index is 1070. The van der Waals surface area contributed by atoms with E-state index in [-0.39, 0.29) is 28.2 Å². The molecular formula is C24H23ClN2O4. The molecule has 0 aliphatic carbocycles. The van der Waals surface area contributed by atoms with Crippen molar-refractivity contribution in [1.29, 1.82) is 0 Å². The number of halogens is 1. The lowest BCUT2D eigenvalue weighted by atomic mass is 10.1. The number of hydrogen-bond acceptors (Lipinski definition) is 4.